The molecule has 0 heterocycles. The molecule has 1 aromatic carbocycles. The standard InChI is InChI=1S/C12H16F3N/c1-9(2)16-8-11-6-4-3-5-10(11)7-12(13,14)15/h3-6,9,16H,7-8H2,1-2H3. The van der Waals surface area contributed by atoms with Crippen LogP contribution in [0, 0.1) is 0 Å². The van der Waals surface area contributed by atoms with Gasteiger partial charge in [0.15, 0.2) is 0 Å². The number of halogens is 3. The van der Waals surface area contributed by atoms with Crippen molar-refractivity contribution in [2.45, 2.75) is 39.0 Å². The minimum absolute atomic E-state index is 0.263. The number of nitrogens with one attached hydrogen (secondary N) is 1. The van der Waals surface area contributed by atoms with E-state index in [4.69, 9.17) is 0 Å². The van der Waals surface area contributed by atoms with Gasteiger partial charge in [0.05, 0.1) is 6.42 Å². The van der Waals surface area contributed by atoms with Crippen molar-refractivity contribution in [1.29, 1.82) is 0 Å². The lowest BCUT2D eigenvalue weighted by molar-refractivity contribution is -0.127. The Kier molecular flexibility index (Phi) is 4.35. The Balaban J connectivity index is 2.75. The van der Waals surface area contributed by atoms with E-state index in [2.05, 4.69) is 5.32 Å². The topological polar surface area (TPSA) is 12.0 Å². The van der Waals surface area contributed by atoms with Crippen LogP contribution in [-0.4, -0.2) is 12.2 Å². The molecule has 90 valence electrons. The maximum atomic E-state index is 12.3. The van der Waals surface area contributed by atoms with Gasteiger partial charge in [0.2, 0.25) is 0 Å². The van der Waals surface area contributed by atoms with Gasteiger partial charge >= 0.3 is 6.18 Å². The highest BCUT2D eigenvalue weighted by molar-refractivity contribution is 5.27. The summed E-state index contributed by atoms with van der Waals surface area (Å²) in [5.41, 5.74) is 1.07. The van der Waals surface area contributed by atoms with Crippen molar-refractivity contribution in [3.63, 3.8) is 0 Å². The van der Waals surface area contributed by atoms with Crippen LogP contribution in [0.1, 0.15) is 25.0 Å². The Bertz CT molecular complexity index is 331. The van der Waals surface area contributed by atoms with Crippen molar-refractivity contribution < 1.29 is 13.2 Å². The van der Waals surface area contributed by atoms with E-state index in [1.165, 1.54) is 6.07 Å². The Hall–Kier alpha value is -1.03. The number of hydrogen-bond acceptors (Lipinski definition) is 1. The lowest BCUT2D eigenvalue weighted by atomic mass is 10.0. The molecule has 0 amide bonds. The van der Waals surface area contributed by atoms with Crippen LogP contribution in [0.4, 0.5) is 13.2 Å². The van der Waals surface area contributed by atoms with Crippen LogP contribution in [0.15, 0.2) is 24.3 Å². The molecule has 1 N–H and O–H groups in total. The van der Waals surface area contributed by atoms with Crippen molar-refractivity contribution in [3.8, 4) is 0 Å². The molecule has 1 nitrogen and oxygen atoms in total. The molecule has 0 radical (unpaired) electrons. The van der Waals surface area contributed by atoms with Gasteiger partial charge in [-0.05, 0) is 11.1 Å². The SMILES string of the molecule is CC(C)NCc1ccccc1CC(F)(F)F. The second kappa shape index (κ2) is 5.34. The number of benzene rings is 1. The Labute approximate surface area is 93.7 Å². The maximum absolute atomic E-state index is 12.3. The monoisotopic (exact) mass is 231 g/mol. The first-order chi connectivity index (χ1) is 7.38. The van der Waals surface area contributed by atoms with Gasteiger partial charge in [-0.15, -0.1) is 0 Å². The van der Waals surface area contributed by atoms with E-state index in [1.807, 2.05) is 13.8 Å². The van der Waals surface area contributed by atoms with Crippen LogP contribution >= 0.6 is 0 Å². The summed E-state index contributed by atoms with van der Waals surface area (Å²) in [6.45, 7) is 4.41. The van der Waals surface area contributed by atoms with Crippen LogP contribution < -0.4 is 5.32 Å². The third kappa shape index (κ3) is 4.66. The smallest absolute Gasteiger partial charge is 0.310 e. The van der Waals surface area contributed by atoms with Crippen LogP contribution in [0.25, 0.3) is 0 Å². The third-order valence-corrected chi connectivity index (χ3v) is 2.21. The van der Waals surface area contributed by atoms with E-state index in [-0.39, 0.29) is 6.04 Å². The molecule has 0 atom stereocenters. The fraction of sp³-hybridized carbons (Fsp3) is 0.500. The molecular weight excluding hydrogens is 215 g/mol. The average Bonchev–Trinajstić information content (AvgIpc) is 2.14. The molecule has 0 aliphatic rings. The Morgan fingerprint density at radius 3 is 2.19 bits per heavy atom. The summed E-state index contributed by atoms with van der Waals surface area (Å²) in [6, 6.07) is 6.93. The molecule has 4 heteroatoms. The lowest BCUT2D eigenvalue weighted by Gasteiger charge is -2.13. The van der Waals surface area contributed by atoms with Gasteiger partial charge < -0.3 is 5.32 Å². The van der Waals surface area contributed by atoms with Gasteiger partial charge in [0.1, 0.15) is 0 Å². The molecule has 16 heavy (non-hydrogen) atoms. The summed E-state index contributed by atoms with van der Waals surface area (Å²) >= 11 is 0. The number of rotatable bonds is 4. The van der Waals surface area contributed by atoms with E-state index in [0.29, 0.717) is 17.7 Å². The first-order valence-corrected chi connectivity index (χ1v) is 5.25. The molecule has 0 saturated heterocycles. The second-order valence-corrected chi connectivity index (χ2v) is 4.10. The van der Waals surface area contributed by atoms with Gasteiger partial charge in [-0.2, -0.15) is 13.2 Å². The van der Waals surface area contributed by atoms with Gasteiger partial charge in [-0.1, -0.05) is 38.1 Å². The number of alkyl halides is 3. The highest BCUT2D eigenvalue weighted by atomic mass is 19.4. The molecule has 0 aliphatic heterocycles. The fourth-order valence-electron chi connectivity index (χ4n) is 1.43. The molecule has 1 rings (SSSR count). The second-order valence-electron chi connectivity index (χ2n) is 4.10. The first-order valence-electron chi connectivity index (χ1n) is 5.25. The van der Waals surface area contributed by atoms with Crippen LogP contribution in [0.5, 0.6) is 0 Å². The molecular formula is C12H16F3N. The summed E-state index contributed by atoms with van der Waals surface area (Å²) < 4.78 is 36.9. The molecule has 0 bridgehead atoms. The minimum atomic E-state index is -4.14. The first kappa shape index (κ1) is 13.0. The minimum Gasteiger partial charge on any atom is -0.310 e. The van der Waals surface area contributed by atoms with Crippen LogP contribution in [0.3, 0.4) is 0 Å². The van der Waals surface area contributed by atoms with E-state index in [1.54, 1.807) is 18.2 Å². The summed E-state index contributed by atoms with van der Waals surface area (Å²) in [5.74, 6) is 0. The molecule has 1 aromatic rings. The molecule has 0 unspecified atom stereocenters. The van der Waals surface area contributed by atoms with Gasteiger partial charge in [-0.25, -0.2) is 0 Å². The van der Waals surface area contributed by atoms with E-state index in [9.17, 15) is 13.2 Å². The van der Waals surface area contributed by atoms with E-state index < -0.39 is 12.6 Å². The summed E-state index contributed by atoms with van der Waals surface area (Å²) in [5, 5.41) is 3.12. The van der Waals surface area contributed by atoms with E-state index in [0.717, 1.165) is 0 Å². The zero-order valence-corrected chi connectivity index (χ0v) is 9.43. The number of hydrogen-bond donors (Lipinski definition) is 1. The molecule has 0 fully saturated rings. The molecule has 0 saturated carbocycles. The predicted octanol–water partition coefficient (Wildman–Crippen LogP) is 3.29. The fourth-order valence-corrected chi connectivity index (χ4v) is 1.43. The van der Waals surface area contributed by atoms with Gasteiger partial charge in [0.25, 0.3) is 0 Å². The molecule has 0 aliphatic carbocycles. The van der Waals surface area contributed by atoms with Crippen molar-refractivity contribution in [3.05, 3.63) is 35.4 Å². The van der Waals surface area contributed by atoms with Gasteiger partial charge in [-0.3, -0.25) is 0 Å². The Morgan fingerprint density at radius 1 is 1.12 bits per heavy atom. The summed E-state index contributed by atoms with van der Waals surface area (Å²) in [4.78, 5) is 0. The third-order valence-electron chi connectivity index (χ3n) is 2.21. The van der Waals surface area contributed by atoms with Crippen LogP contribution in [0.2, 0.25) is 0 Å². The average molecular weight is 231 g/mol. The highest BCUT2D eigenvalue weighted by Gasteiger charge is 2.28. The molecule has 0 spiro atoms. The zero-order chi connectivity index (χ0) is 12.2. The quantitative estimate of drug-likeness (QED) is 0.838. The Morgan fingerprint density at radius 2 is 1.69 bits per heavy atom. The summed E-state index contributed by atoms with van der Waals surface area (Å²) in [7, 11) is 0. The zero-order valence-electron chi connectivity index (χ0n) is 9.43. The van der Waals surface area contributed by atoms with Crippen molar-refractivity contribution in [2.24, 2.45) is 0 Å². The maximum Gasteiger partial charge on any atom is 0.393 e. The van der Waals surface area contributed by atoms with Crippen molar-refractivity contribution in [1.82, 2.24) is 5.32 Å². The van der Waals surface area contributed by atoms with Crippen molar-refractivity contribution in [2.75, 3.05) is 0 Å². The van der Waals surface area contributed by atoms with Crippen LogP contribution in [-0.2, 0) is 13.0 Å². The normalized spacial score (nSPS) is 12.1. The van der Waals surface area contributed by atoms with Gasteiger partial charge in [0, 0.05) is 12.6 Å². The predicted molar refractivity (Wildman–Crippen MR) is 58.2 cm³/mol. The van der Waals surface area contributed by atoms with E-state index >= 15 is 0 Å². The highest BCUT2D eigenvalue weighted by Crippen LogP contribution is 2.23. The lowest BCUT2D eigenvalue weighted by Crippen LogP contribution is -2.23. The largest absolute Gasteiger partial charge is 0.393 e. The molecule has 0 aromatic heterocycles. The van der Waals surface area contributed by atoms with Crippen molar-refractivity contribution >= 4 is 0 Å². The summed E-state index contributed by atoms with van der Waals surface area (Å²) in [6.07, 6.45) is -5.00.